The molecule has 0 radical (unpaired) electrons. The van der Waals surface area contributed by atoms with Crippen LogP contribution in [0.1, 0.15) is 70.6 Å². The Morgan fingerprint density at radius 2 is 1.45 bits per heavy atom. The summed E-state index contributed by atoms with van der Waals surface area (Å²) in [7, 11) is 1.86. The van der Waals surface area contributed by atoms with E-state index in [0.29, 0.717) is 18.2 Å². The molecule has 1 saturated heterocycles. The first-order chi connectivity index (χ1) is 14.3. The summed E-state index contributed by atoms with van der Waals surface area (Å²) in [4.78, 5) is 0. The second-order valence-electron chi connectivity index (χ2n) is 9.88. The fourth-order valence-electron chi connectivity index (χ4n) is 5.66. The molecule has 4 N–H and O–H groups in total. The molecule has 0 aromatic carbocycles. The third-order valence-electron chi connectivity index (χ3n) is 7.96. The van der Waals surface area contributed by atoms with Crippen LogP contribution in [0.5, 0.6) is 0 Å². The predicted octanol–water partition coefficient (Wildman–Crippen LogP) is 2.34. The summed E-state index contributed by atoms with van der Waals surface area (Å²) in [5.74, 6) is 1.62. The second-order valence-corrected chi connectivity index (χ2v) is 9.88. The van der Waals surface area contributed by atoms with Gasteiger partial charge in [0.2, 0.25) is 0 Å². The first-order valence-electron chi connectivity index (χ1n) is 12.4. The summed E-state index contributed by atoms with van der Waals surface area (Å²) in [5.41, 5.74) is 0. The second kappa shape index (κ2) is 11.4. The van der Waals surface area contributed by atoms with Crippen molar-refractivity contribution in [1.82, 2.24) is 21.3 Å². The van der Waals surface area contributed by atoms with Crippen LogP contribution in [0.4, 0.5) is 0 Å². The minimum atomic E-state index is 0.274. The highest BCUT2D eigenvalue weighted by molar-refractivity contribution is 4.87. The van der Waals surface area contributed by atoms with Crippen LogP contribution in [0.15, 0.2) is 0 Å². The van der Waals surface area contributed by atoms with Gasteiger partial charge in [-0.05, 0) is 76.0 Å². The molecule has 4 aliphatic rings. The molecule has 0 atom stereocenters. The molecule has 3 saturated carbocycles. The molecule has 1 aliphatic heterocycles. The lowest BCUT2D eigenvalue weighted by Gasteiger charge is -2.40. The maximum absolute atomic E-state index is 6.11. The van der Waals surface area contributed by atoms with Gasteiger partial charge in [0, 0.05) is 38.8 Å². The van der Waals surface area contributed by atoms with E-state index in [4.69, 9.17) is 9.47 Å². The normalized spacial score (nSPS) is 39.2. The maximum atomic E-state index is 6.11. The molecule has 4 rings (SSSR count). The van der Waals surface area contributed by atoms with Crippen molar-refractivity contribution in [3.8, 4) is 0 Å². The molecule has 6 heteroatoms. The molecule has 4 fully saturated rings. The lowest BCUT2D eigenvalue weighted by atomic mass is 9.78. The van der Waals surface area contributed by atoms with E-state index in [1.165, 1.54) is 70.6 Å². The van der Waals surface area contributed by atoms with Gasteiger partial charge in [-0.1, -0.05) is 6.42 Å². The van der Waals surface area contributed by atoms with Gasteiger partial charge in [-0.3, -0.25) is 16.0 Å². The van der Waals surface area contributed by atoms with E-state index in [1.54, 1.807) is 0 Å². The van der Waals surface area contributed by atoms with Crippen LogP contribution >= 0.6 is 0 Å². The number of ether oxygens (including phenoxy) is 2. The summed E-state index contributed by atoms with van der Waals surface area (Å²) < 4.78 is 11.6. The lowest BCUT2D eigenvalue weighted by molar-refractivity contribution is 0.0192. The van der Waals surface area contributed by atoms with E-state index in [0.717, 1.165) is 44.1 Å². The van der Waals surface area contributed by atoms with Crippen LogP contribution in [0, 0.1) is 11.8 Å². The largest absolute Gasteiger partial charge is 0.381 e. The molecule has 168 valence electrons. The third-order valence-corrected chi connectivity index (χ3v) is 7.96. The lowest BCUT2D eigenvalue weighted by Crippen LogP contribution is -2.63. The molecule has 3 aliphatic carbocycles. The number of methoxy groups -OCH3 is 1. The Hall–Kier alpha value is -0.240. The van der Waals surface area contributed by atoms with Crippen LogP contribution in [0.25, 0.3) is 0 Å². The van der Waals surface area contributed by atoms with Crippen molar-refractivity contribution in [3.05, 3.63) is 0 Å². The zero-order valence-electron chi connectivity index (χ0n) is 18.5. The molecule has 0 aromatic heterocycles. The van der Waals surface area contributed by atoms with Crippen LogP contribution in [-0.4, -0.2) is 63.9 Å². The van der Waals surface area contributed by atoms with Gasteiger partial charge in [0.15, 0.2) is 0 Å². The van der Waals surface area contributed by atoms with E-state index in [-0.39, 0.29) is 6.29 Å². The summed E-state index contributed by atoms with van der Waals surface area (Å²) in [6.07, 6.45) is 15.3. The first-order valence-corrected chi connectivity index (χ1v) is 12.4. The maximum Gasteiger partial charge on any atom is 0.112 e. The quantitative estimate of drug-likeness (QED) is 0.439. The Balaban J connectivity index is 1.05. The minimum absolute atomic E-state index is 0.274. The highest BCUT2D eigenvalue weighted by atomic mass is 16.5. The van der Waals surface area contributed by atoms with Gasteiger partial charge in [0.25, 0.3) is 0 Å². The minimum Gasteiger partial charge on any atom is -0.381 e. The average Bonchev–Trinajstić information content (AvgIpc) is 2.74. The van der Waals surface area contributed by atoms with Crippen molar-refractivity contribution in [2.75, 3.05) is 33.4 Å². The summed E-state index contributed by atoms with van der Waals surface area (Å²) in [6, 6.07) is 1.38. The summed E-state index contributed by atoms with van der Waals surface area (Å²) in [5, 5.41) is 14.8. The number of hydrogen-bond donors (Lipinski definition) is 4. The van der Waals surface area contributed by atoms with Crippen molar-refractivity contribution in [1.29, 1.82) is 0 Å². The van der Waals surface area contributed by atoms with Crippen molar-refractivity contribution in [3.63, 3.8) is 0 Å². The average molecular weight is 409 g/mol. The topological polar surface area (TPSA) is 66.6 Å². The predicted molar refractivity (Wildman–Crippen MR) is 117 cm³/mol. The first kappa shape index (κ1) is 22.0. The fourth-order valence-corrected chi connectivity index (χ4v) is 5.66. The van der Waals surface area contributed by atoms with Gasteiger partial charge in [0.1, 0.15) is 6.29 Å². The molecule has 1 heterocycles. The van der Waals surface area contributed by atoms with Crippen LogP contribution < -0.4 is 21.3 Å². The monoisotopic (exact) mass is 408 g/mol. The zero-order chi connectivity index (χ0) is 19.9. The molecular weight excluding hydrogens is 364 g/mol. The molecule has 0 spiro atoms. The van der Waals surface area contributed by atoms with Gasteiger partial charge >= 0.3 is 0 Å². The zero-order valence-corrected chi connectivity index (χ0v) is 18.5. The van der Waals surface area contributed by atoms with E-state index in [9.17, 15) is 0 Å². The van der Waals surface area contributed by atoms with Crippen molar-refractivity contribution in [2.45, 2.75) is 101 Å². The highest BCUT2D eigenvalue weighted by Gasteiger charge is 2.31. The van der Waals surface area contributed by atoms with E-state index in [1.807, 2.05) is 7.11 Å². The number of hydrogen-bond acceptors (Lipinski definition) is 6. The van der Waals surface area contributed by atoms with Crippen molar-refractivity contribution >= 4 is 0 Å². The molecule has 29 heavy (non-hydrogen) atoms. The van der Waals surface area contributed by atoms with Gasteiger partial charge < -0.3 is 14.8 Å². The SMILES string of the molecule is COC1CCC(C2CNC(NC3CCC(OCCNC4CCC4)CC3)NC2)CC1. The summed E-state index contributed by atoms with van der Waals surface area (Å²) in [6.45, 7) is 4.17. The molecule has 0 amide bonds. The Morgan fingerprint density at radius 3 is 2.07 bits per heavy atom. The van der Waals surface area contributed by atoms with Crippen molar-refractivity contribution < 1.29 is 9.47 Å². The van der Waals surface area contributed by atoms with E-state index in [2.05, 4.69) is 21.3 Å². The van der Waals surface area contributed by atoms with E-state index < -0.39 is 0 Å². The smallest absolute Gasteiger partial charge is 0.112 e. The number of nitrogens with one attached hydrogen (secondary N) is 4. The molecule has 6 nitrogen and oxygen atoms in total. The standard InChI is InChI=1S/C23H44N4O2/c1-28-21-9-5-17(6-10-21)18-15-25-23(26-16-18)27-20-7-11-22(12-8-20)29-14-13-24-19-3-2-4-19/h17-27H,2-16H2,1H3. The van der Waals surface area contributed by atoms with Crippen molar-refractivity contribution in [2.24, 2.45) is 11.8 Å². The number of rotatable bonds is 9. The molecule has 0 bridgehead atoms. The van der Waals surface area contributed by atoms with Crippen LogP contribution in [0.3, 0.4) is 0 Å². The van der Waals surface area contributed by atoms with Crippen LogP contribution in [0.2, 0.25) is 0 Å². The Labute approximate surface area is 177 Å². The summed E-state index contributed by atoms with van der Waals surface area (Å²) >= 11 is 0. The Bertz CT molecular complexity index is 452. The van der Waals surface area contributed by atoms with Gasteiger partial charge in [-0.25, -0.2) is 0 Å². The Morgan fingerprint density at radius 1 is 0.759 bits per heavy atom. The Kier molecular flexibility index (Phi) is 8.64. The van der Waals surface area contributed by atoms with Gasteiger partial charge in [0.05, 0.1) is 18.8 Å². The highest BCUT2D eigenvalue weighted by Crippen LogP contribution is 2.32. The molecular formula is C23H44N4O2. The fraction of sp³-hybridized carbons (Fsp3) is 1.00. The molecule has 0 unspecified atom stereocenters. The van der Waals surface area contributed by atoms with Gasteiger partial charge in [-0.2, -0.15) is 0 Å². The van der Waals surface area contributed by atoms with Gasteiger partial charge in [-0.15, -0.1) is 0 Å². The molecule has 0 aromatic rings. The third kappa shape index (κ3) is 6.62. The van der Waals surface area contributed by atoms with E-state index >= 15 is 0 Å². The van der Waals surface area contributed by atoms with Crippen LogP contribution in [-0.2, 0) is 9.47 Å².